The number of pyridine rings is 1. The number of rotatable bonds is 5. The molecule has 0 aliphatic carbocycles. The molecule has 3 rings (SSSR count). The number of halogens is 1. The van der Waals surface area contributed by atoms with Crippen LogP contribution >= 0.6 is 11.6 Å². The number of carbonyl (C=O) groups is 2. The van der Waals surface area contributed by atoms with Crippen LogP contribution in [0, 0.1) is 0 Å². The highest BCUT2D eigenvalue weighted by Crippen LogP contribution is 2.35. The van der Waals surface area contributed by atoms with E-state index < -0.39 is 11.9 Å². The highest BCUT2D eigenvalue weighted by molar-refractivity contribution is 6.30. The van der Waals surface area contributed by atoms with Crippen LogP contribution in [-0.2, 0) is 10.2 Å². The lowest BCUT2D eigenvalue weighted by molar-refractivity contribution is 0.0486. The average Bonchev–Trinajstić information content (AvgIpc) is 2.67. The van der Waals surface area contributed by atoms with Crippen LogP contribution in [0.15, 0.2) is 42.6 Å². The van der Waals surface area contributed by atoms with Crippen molar-refractivity contribution in [2.75, 3.05) is 19.8 Å². The van der Waals surface area contributed by atoms with Crippen molar-refractivity contribution in [3.8, 4) is 0 Å². The summed E-state index contributed by atoms with van der Waals surface area (Å²) in [6.07, 6.45) is 2.87. The highest BCUT2D eigenvalue weighted by Gasteiger charge is 2.35. The predicted octanol–water partition coefficient (Wildman–Crippen LogP) is 2.91. The van der Waals surface area contributed by atoms with Gasteiger partial charge in [0.1, 0.15) is 5.69 Å². The Morgan fingerprint density at radius 1 is 1.19 bits per heavy atom. The first-order valence-corrected chi connectivity index (χ1v) is 8.69. The van der Waals surface area contributed by atoms with Crippen LogP contribution in [0.3, 0.4) is 0 Å². The molecule has 0 radical (unpaired) electrons. The van der Waals surface area contributed by atoms with Gasteiger partial charge in [-0.25, -0.2) is 4.79 Å². The minimum absolute atomic E-state index is 0.0311. The number of ether oxygens (including phenoxy) is 1. The molecule has 0 bridgehead atoms. The van der Waals surface area contributed by atoms with Gasteiger partial charge < -0.3 is 15.2 Å². The van der Waals surface area contributed by atoms with Crippen molar-refractivity contribution in [2.24, 2.45) is 0 Å². The Morgan fingerprint density at radius 2 is 1.88 bits per heavy atom. The van der Waals surface area contributed by atoms with E-state index >= 15 is 0 Å². The van der Waals surface area contributed by atoms with Crippen molar-refractivity contribution in [3.05, 3.63) is 64.4 Å². The number of carbonyl (C=O) groups excluding carboxylic acids is 1. The Morgan fingerprint density at radius 3 is 2.54 bits per heavy atom. The Hall–Kier alpha value is -2.44. The van der Waals surface area contributed by atoms with E-state index in [4.69, 9.17) is 21.4 Å². The molecule has 1 amide bonds. The van der Waals surface area contributed by atoms with Crippen LogP contribution < -0.4 is 5.32 Å². The number of aromatic carboxylic acids is 1. The fourth-order valence-electron chi connectivity index (χ4n) is 3.16. The summed E-state index contributed by atoms with van der Waals surface area (Å²) in [4.78, 5) is 27.5. The number of carboxylic acids is 1. The molecular formula is C19H19ClN2O4. The van der Waals surface area contributed by atoms with Gasteiger partial charge >= 0.3 is 5.97 Å². The average molecular weight is 375 g/mol. The van der Waals surface area contributed by atoms with E-state index in [1.54, 1.807) is 0 Å². The van der Waals surface area contributed by atoms with Gasteiger partial charge in [-0.05, 0) is 42.7 Å². The number of aromatic nitrogens is 1. The van der Waals surface area contributed by atoms with Crippen LogP contribution in [0.2, 0.25) is 5.02 Å². The third-order valence-electron chi connectivity index (χ3n) is 4.73. The van der Waals surface area contributed by atoms with Crippen molar-refractivity contribution in [2.45, 2.75) is 18.3 Å². The Bertz CT molecular complexity index is 801. The second-order valence-electron chi connectivity index (χ2n) is 6.32. The van der Waals surface area contributed by atoms with Crippen molar-refractivity contribution in [1.29, 1.82) is 0 Å². The summed E-state index contributed by atoms with van der Waals surface area (Å²) < 4.78 is 5.49. The smallest absolute Gasteiger partial charge is 0.335 e. The van der Waals surface area contributed by atoms with Crippen LogP contribution in [0.5, 0.6) is 0 Å². The number of hydrogen-bond acceptors (Lipinski definition) is 4. The summed E-state index contributed by atoms with van der Waals surface area (Å²) in [5.74, 6) is -1.49. The molecule has 2 heterocycles. The summed E-state index contributed by atoms with van der Waals surface area (Å²) in [5.41, 5.74) is 0.965. The minimum Gasteiger partial charge on any atom is -0.478 e. The molecule has 26 heavy (non-hydrogen) atoms. The monoisotopic (exact) mass is 374 g/mol. The lowest BCUT2D eigenvalue weighted by Gasteiger charge is -2.38. The standard InChI is InChI=1S/C19H19ClN2O4/c20-15-3-1-14(2-4-15)19(6-9-26-10-7-19)12-22-17(23)16-11-13(18(24)25)5-8-21-16/h1-5,8,11H,6-7,9-10,12H2,(H,22,23)(H,24,25). The third kappa shape index (κ3) is 4.03. The third-order valence-corrected chi connectivity index (χ3v) is 4.99. The molecule has 1 aliphatic rings. The Labute approximate surface area is 156 Å². The van der Waals surface area contributed by atoms with E-state index in [2.05, 4.69) is 10.3 Å². The van der Waals surface area contributed by atoms with Gasteiger partial charge in [0.25, 0.3) is 5.91 Å². The zero-order valence-corrected chi connectivity index (χ0v) is 14.8. The molecule has 1 saturated heterocycles. The van der Waals surface area contributed by atoms with Gasteiger partial charge in [0.2, 0.25) is 0 Å². The maximum absolute atomic E-state index is 12.5. The second-order valence-corrected chi connectivity index (χ2v) is 6.75. The molecule has 1 aliphatic heterocycles. The molecule has 7 heteroatoms. The molecule has 136 valence electrons. The SMILES string of the molecule is O=C(O)c1ccnc(C(=O)NCC2(c3ccc(Cl)cc3)CCOCC2)c1. The Balaban J connectivity index is 1.78. The second kappa shape index (κ2) is 7.85. The van der Waals surface area contributed by atoms with Crippen LogP contribution in [0.25, 0.3) is 0 Å². The number of nitrogens with zero attached hydrogens (tertiary/aromatic N) is 1. The molecule has 1 fully saturated rings. The fraction of sp³-hybridized carbons (Fsp3) is 0.316. The lowest BCUT2D eigenvalue weighted by atomic mass is 9.74. The van der Waals surface area contributed by atoms with Crippen LogP contribution in [0.1, 0.15) is 39.3 Å². The molecule has 0 atom stereocenters. The summed E-state index contributed by atoms with van der Waals surface area (Å²) >= 11 is 5.99. The maximum atomic E-state index is 12.5. The predicted molar refractivity (Wildman–Crippen MR) is 96.7 cm³/mol. The first-order valence-electron chi connectivity index (χ1n) is 8.31. The Kier molecular flexibility index (Phi) is 5.54. The van der Waals surface area contributed by atoms with Crippen molar-refractivity contribution in [1.82, 2.24) is 10.3 Å². The molecular weight excluding hydrogens is 356 g/mol. The molecule has 1 aromatic heterocycles. The van der Waals surface area contributed by atoms with Gasteiger partial charge in [0.15, 0.2) is 0 Å². The molecule has 6 nitrogen and oxygen atoms in total. The van der Waals surface area contributed by atoms with Crippen molar-refractivity contribution in [3.63, 3.8) is 0 Å². The van der Waals surface area contributed by atoms with E-state index in [0.717, 1.165) is 18.4 Å². The number of amides is 1. The van der Waals surface area contributed by atoms with Gasteiger partial charge in [0, 0.05) is 36.4 Å². The number of carboxylic acid groups (broad SMARTS) is 1. The topological polar surface area (TPSA) is 88.5 Å². The molecule has 2 aromatic rings. The van der Waals surface area contributed by atoms with Gasteiger partial charge in [0.05, 0.1) is 5.56 Å². The zero-order valence-electron chi connectivity index (χ0n) is 14.1. The first kappa shape index (κ1) is 18.4. The first-order chi connectivity index (χ1) is 12.5. The van der Waals surface area contributed by atoms with Gasteiger partial charge in [-0.3, -0.25) is 9.78 Å². The molecule has 2 N–H and O–H groups in total. The largest absolute Gasteiger partial charge is 0.478 e. The molecule has 0 saturated carbocycles. The van der Waals surface area contributed by atoms with Gasteiger partial charge in [-0.2, -0.15) is 0 Å². The van der Waals surface area contributed by atoms with E-state index in [-0.39, 0.29) is 16.7 Å². The highest BCUT2D eigenvalue weighted by atomic mass is 35.5. The minimum atomic E-state index is -1.09. The summed E-state index contributed by atoms with van der Waals surface area (Å²) in [6, 6.07) is 10.3. The van der Waals surface area contributed by atoms with Crippen LogP contribution in [-0.4, -0.2) is 41.7 Å². The quantitative estimate of drug-likeness (QED) is 0.840. The van der Waals surface area contributed by atoms with Gasteiger partial charge in [-0.1, -0.05) is 23.7 Å². The lowest BCUT2D eigenvalue weighted by Crippen LogP contribution is -2.44. The van der Waals surface area contributed by atoms with E-state index in [1.807, 2.05) is 24.3 Å². The summed E-state index contributed by atoms with van der Waals surface area (Å²) in [5, 5.41) is 12.6. The molecule has 1 aromatic carbocycles. The normalized spacial score (nSPS) is 16.0. The van der Waals surface area contributed by atoms with Crippen molar-refractivity contribution < 1.29 is 19.4 Å². The number of hydrogen-bond donors (Lipinski definition) is 2. The molecule has 0 unspecified atom stereocenters. The molecule has 0 spiro atoms. The van der Waals surface area contributed by atoms with E-state index in [1.165, 1.54) is 18.3 Å². The van der Waals surface area contributed by atoms with Crippen LogP contribution in [0.4, 0.5) is 0 Å². The summed E-state index contributed by atoms with van der Waals surface area (Å²) in [6.45, 7) is 1.65. The van der Waals surface area contributed by atoms with E-state index in [0.29, 0.717) is 24.8 Å². The fourth-order valence-corrected chi connectivity index (χ4v) is 3.29. The summed E-state index contributed by atoms with van der Waals surface area (Å²) in [7, 11) is 0. The van der Waals surface area contributed by atoms with Gasteiger partial charge in [-0.15, -0.1) is 0 Å². The number of benzene rings is 1. The number of nitrogens with one attached hydrogen (secondary N) is 1. The van der Waals surface area contributed by atoms with Crippen molar-refractivity contribution >= 4 is 23.5 Å². The zero-order chi connectivity index (χ0) is 18.6. The maximum Gasteiger partial charge on any atom is 0.335 e. The van der Waals surface area contributed by atoms with E-state index in [9.17, 15) is 9.59 Å².